The van der Waals surface area contributed by atoms with Crippen molar-refractivity contribution >= 4 is 16.9 Å². The zero-order chi connectivity index (χ0) is 18.6. The molecule has 2 saturated heterocycles. The Hall–Kier alpha value is -2.03. The number of morpholine rings is 1. The summed E-state index contributed by atoms with van der Waals surface area (Å²) in [4.78, 5) is 19.5. The topological polar surface area (TPSA) is 74.9 Å². The van der Waals surface area contributed by atoms with Crippen molar-refractivity contribution in [1.29, 1.82) is 0 Å². The van der Waals surface area contributed by atoms with Crippen LogP contribution in [-0.2, 0) is 16.1 Å². The van der Waals surface area contributed by atoms with E-state index in [1.165, 1.54) is 0 Å². The number of aromatic nitrogens is 2. The SMILES string of the molecule is CN1CCCN(C(=O)C[C@@H]2COCCN2Cc2cccc3nonc23)CC1. The van der Waals surface area contributed by atoms with Crippen LogP contribution in [0, 0.1) is 0 Å². The first kappa shape index (κ1) is 18.3. The van der Waals surface area contributed by atoms with Crippen LogP contribution in [0.25, 0.3) is 11.0 Å². The molecule has 2 aromatic rings. The zero-order valence-electron chi connectivity index (χ0n) is 15.8. The van der Waals surface area contributed by atoms with Gasteiger partial charge in [-0.2, -0.15) is 0 Å². The molecule has 8 heteroatoms. The molecule has 27 heavy (non-hydrogen) atoms. The molecule has 8 nitrogen and oxygen atoms in total. The molecule has 1 atom stereocenters. The van der Waals surface area contributed by atoms with Gasteiger partial charge in [-0.05, 0) is 42.0 Å². The lowest BCUT2D eigenvalue weighted by Gasteiger charge is -2.36. The van der Waals surface area contributed by atoms with E-state index in [1.807, 2.05) is 23.1 Å². The minimum Gasteiger partial charge on any atom is -0.378 e. The van der Waals surface area contributed by atoms with Crippen molar-refractivity contribution in [2.45, 2.75) is 25.4 Å². The molecule has 0 N–H and O–H groups in total. The van der Waals surface area contributed by atoms with Gasteiger partial charge in [0.2, 0.25) is 5.91 Å². The molecule has 3 heterocycles. The second-order valence-electron chi connectivity index (χ2n) is 7.49. The van der Waals surface area contributed by atoms with Crippen molar-refractivity contribution in [2.75, 3.05) is 53.0 Å². The number of ether oxygens (including phenoxy) is 1. The number of nitrogens with zero attached hydrogens (tertiary/aromatic N) is 5. The molecule has 1 amide bonds. The van der Waals surface area contributed by atoms with Crippen molar-refractivity contribution in [1.82, 2.24) is 25.0 Å². The summed E-state index contributed by atoms with van der Waals surface area (Å²) in [6, 6.07) is 6.00. The van der Waals surface area contributed by atoms with E-state index >= 15 is 0 Å². The summed E-state index contributed by atoms with van der Waals surface area (Å²) in [5.74, 6) is 0.229. The summed E-state index contributed by atoms with van der Waals surface area (Å²) in [5.41, 5.74) is 2.64. The third kappa shape index (κ3) is 4.28. The van der Waals surface area contributed by atoms with E-state index in [4.69, 9.17) is 9.37 Å². The molecule has 0 aliphatic carbocycles. The number of hydrogen-bond acceptors (Lipinski definition) is 7. The summed E-state index contributed by atoms with van der Waals surface area (Å²) in [5, 5.41) is 7.96. The normalized spacial score (nSPS) is 22.9. The van der Waals surface area contributed by atoms with E-state index in [0.717, 1.165) is 62.3 Å². The molecule has 2 fully saturated rings. The maximum atomic E-state index is 12.9. The van der Waals surface area contributed by atoms with Crippen molar-refractivity contribution in [3.8, 4) is 0 Å². The van der Waals surface area contributed by atoms with E-state index in [9.17, 15) is 4.79 Å². The lowest BCUT2D eigenvalue weighted by Crippen LogP contribution is -2.48. The van der Waals surface area contributed by atoms with Crippen LogP contribution in [0.3, 0.4) is 0 Å². The maximum Gasteiger partial charge on any atom is 0.224 e. The van der Waals surface area contributed by atoms with Crippen LogP contribution in [0.15, 0.2) is 22.8 Å². The molecular weight excluding hydrogens is 346 g/mol. The van der Waals surface area contributed by atoms with E-state index < -0.39 is 0 Å². The number of likely N-dealkylation sites (N-methyl/N-ethyl adjacent to an activating group) is 1. The fraction of sp³-hybridized carbons (Fsp3) is 0.632. The van der Waals surface area contributed by atoms with Gasteiger partial charge in [0.15, 0.2) is 0 Å². The van der Waals surface area contributed by atoms with Gasteiger partial charge in [-0.1, -0.05) is 12.1 Å². The number of carbonyl (C=O) groups excluding carboxylic acids is 1. The van der Waals surface area contributed by atoms with Crippen LogP contribution in [0.2, 0.25) is 0 Å². The number of carbonyl (C=O) groups is 1. The van der Waals surface area contributed by atoms with Gasteiger partial charge >= 0.3 is 0 Å². The largest absolute Gasteiger partial charge is 0.378 e. The summed E-state index contributed by atoms with van der Waals surface area (Å²) in [7, 11) is 2.12. The highest BCUT2D eigenvalue weighted by atomic mass is 16.6. The molecule has 2 aliphatic heterocycles. The lowest BCUT2D eigenvalue weighted by atomic mass is 10.1. The summed E-state index contributed by atoms with van der Waals surface area (Å²) >= 11 is 0. The summed E-state index contributed by atoms with van der Waals surface area (Å²) < 4.78 is 10.6. The standard InChI is InChI=1S/C19H27N5O3/c1-22-6-3-7-23(9-8-22)18(25)12-16-14-26-11-10-24(16)13-15-4-2-5-17-19(15)21-27-20-17/h2,4-5,16H,3,6-14H2,1H3/t16-/m1/s1. The fourth-order valence-corrected chi connectivity index (χ4v) is 3.92. The second-order valence-corrected chi connectivity index (χ2v) is 7.49. The number of rotatable bonds is 4. The quantitative estimate of drug-likeness (QED) is 0.791. The Morgan fingerprint density at radius 2 is 2.11 bits per heavy atom. The zero-order valence-corrected chi connectivity index (χ0v) is 15.8. The van der Waals surface area contributed by atoms with E-state index in [1.54, 1.807) is 0 Å². The predicted molar refractivity (Wildman–Crippen MR) is 100 cm³/mol. The molecule has 0 unspecified atom stereocenters. The number of fused-ring (bicyclic) bond motifs is 1. The minimum absolute atomic E-state index is 0.0855. The number of amides is 1. The third-order valence-electron chi connectivity index (χ3n) is 5.57. The monoisotopic (exact) mass is 373 g/mol. The summed E-state index contributed by atoms with van der Waals surface area (Å²) in [6.07, 6.45) is 1.53. The Morgan fingerprint density at radius 1 is 1.19 bits per heavy atom. The average Bonchev–Trinajstić information content (AvgIpc) is 3.05. The van der Waals surface area contributed by atoms with Gasteiger partial charge in [0.25, 0.3) is 0 Å². The van der Waals surface area contributed by atoms with E-state index in [2.05, 4.69) is 27.2 Å². The Balaban J connectivity index is 1.43. The van der Waals surface area contributed by atoms with Gasteiger partial charge in [-0.3, -0.25) is 9.69 Å². The molecule has 146 valence electrons. The minimum atomic E-state index is 0.0855. The van der Waals surface area contributed by atoms with Crippen LogP contribution < -0.4 is 0 Å². The van der Waals surface area contributed by atoms with Gasteiger partial charge in [0.05, 0.1) is 13.2 Å². The maximum absolute atomic E-state index is 12.9. The molecule has 1 aromatic carbocycles. The van der Waals surface area contributed by atoms with Gasteiger partial charge in [0, 0.05) is 45.2 Å². The molecule has 0 spiro atoms. The highest BCUT2D eigenvalue weighted by Gasteiger charge is 2.28. The van der Waals surface area contributed by atoms with Crippen LogP contribution in [0.1, 0.15) is 18.4 Å². The summed E-state index contributed by atoms with van der Waals surface area (Å²) in [6.45, 7) is 6.46. The molecule has 1 aromatic heterocycles. The smallest absolute Gasteiger partial charge is 0.224 e. The molecule has 2 aliphatic rings. The van der Waals surface area contributed by atoms with Crippen LogP contribution >= 0.6 is 0 Å². The first-order valence-corrected chi connectivity index (χ1v) is 9.69. The van der Waals surface area contributed by atoms with E-state index in [0.29, 0.717) is 19.6 Å². The van der Waals surface area contributed by atoms with Crippen LogP contribution in [-0.4, -0.2) is 89.9 Å². The highest BCUT2D eigenvalue weighted by Crippen LogP contribution is 2.21. The highest BCUT2D eigenvalue weighted by molar-refractivity contribution is 5.77. The molecule has 0 saturated carbocycles. The average molecular weight is 373 g/mol. The first-order chi connectivity index (χ1) is 13.2. The van der Waals surface area contributed by atoms with Crippen molar-refractivity contribution in [3.63, 3.8) is 0 Å². The number of hydrogen-bond donors (Lipinski definition) is 0. The Kier molecular flexibility index (Phi) is 5.66. The number of benzene rings is 1. The van der Waals surface area contributed by atoms with E-state index in [-0.39, 0.29) is 11.9 Å². The Bertz CT molecular complexity index is 780. The van der Waals surface area contributed by atoms with Crippen molar-refractivity contribution in [2.24, 2.45) is 0 Å². The lowest BCUT2D eigenvalue weighted by molar-refractivity contribution is -0.134. The Labute approximate surface area is 159 Å². The molecular formula is C19H27N5O3. The first-order valence-electron chi connectivity index (χ1n) is 9.69. The van der Waals surface area contributed by atoms with Crippen LogP contribution in [0.5, 0.6) is 0 Å². The Morgan fingerprint density at radius 3 is 3.04 bits per heavy atom. The van der Waals surface area contributed by atoms with Crippen LogP contribution in [0.4, 0.5) is 0 Å². The van der Waals surface area contributed by atoms with Gasteiger partial charge in [-0.15, -0.1) is 0 Å². The molecule has 0 radical (unpaired) electrons. The fourth-order valence-electron chi connectivity index (χ4n) is 3.92. The molecule has 0 bridgehead atoms. The van der Waals surface area contributed by atoms with Gasteiger partial charge < -0.3 is 14.5 Å². The molecule has 4 rings (SSSR count). The third-order valence-corrected chi connectivity index (χ3v) is 5.57. The second kappa shape index (κ2) is 8.33. The van der Waals surface area contributed by atoms with Gasteiger partial charge in [-0.25, -0.2) is 4.63 Å². The van der Waals surface area contributed by atoms with Gasteiger partial charge in [0.1, 0.15) is 11.0 Å². The predicted octanol–water partition coefficient (Wildman–Crippen LogP) is 0.978. The van der Waals surface area contributed by atoms with Crippen molar-refractivity contribution < 1.29 is 14.2 Å². The van der Waals surface area contributed by atoms with Crippen molar-refractivity contribution in [3.05, 3.63) is 23.8 Å².